The van der Waals surface area contributed by atoms with Gasteiger partial charge < -0.3 is 18.5 Å². The fraction of sp³-hybridized carbons (Fsp3) is 0. The lowest BCUT2D eigenvalue weighted by atomic mass is 9.98. The molecule has 4 nitrogen and oxygen atoms in total. The van der Waals surface area contributed by atoms with E-state index in [-0.39, 0.29) is 0 Å². The van der Waals surface area contributed by atoms with Crippen molar-refractivity contribution in [2.24, 2.45) is 0 Å². The van der Waals surface area contributed by atoms with Crippen LogP contribution in [-0.4, -0.2) is 9.13 Å². The fourth-order valence-corrected chi connectivity index (χ4v) is 10.8. The van der Waals surface area contributed by atoms with Gasteiger partial charge in [-0.25, -0.2) is 0 Å². The second-order valence-corrected chi connectivity index (χ2v) is 17.7. The molecule has 11 aromatic carbocycles. The fourth-order valence-electron chi connectivity index (χ4n) is 10.8. The highest BCUT2D eigenvalue weighted by molar-refractivity contribution is 6.13. The molecule has 0 radical (unpaired) electrons. The summed E-state index contributed by atoms with van der Waals surface area (Å²) < 4.78 is 11.3. The number of hydrogen-bond donors (Lipinski definition) is 0. The van der Waals surface area contributed by atoms with Crippen LogP contribution < -0.4 is 4.90 Å². The first-order chi connectivity index (χ1) is 33.7. The number of anilines is 3. The molecule has 4 heteroatoms. The van der Waals surface area contributed by atoms with Crippen LogP contribution >= 0.6 is 0 Å². The quantitative estimate of drug-likeness (QED) is 0.160. The zero-order valence-corrected chi connectivity index (χ0v) is 36.9. The molecule has 0 aliphatic carbocycles. The minimum Gasteiger partial charge on any atom is -0.456 e. The monoisotopic (exact) mass is 867 g/mol. The summed E-state index contributed by atoms with van der Waals surface area (Å²) >= 11 is 0. The molecule has 0 fully saturated rings. The summed E-state index contributed by atoms with van der Waals surface area (Å²) in [6.07, 6.45) is 0. The molecule has 0 saturated heterocycles. The number of furan rings is 1. The predicted octanol–water partition coefficient (Wildman–Crippen LogP) is 17.7. The van der Waals surface area contributed by atoms with Crippen molar-refractivity contribution in [3.8, 4) is 33.6 Å². The Kier molecular flexibility index (Phi) is 8.55. The third-order valence-corrected chi connectivity index (χ3v) is 13.9. The van der Waals surface area contributed by atoms with Gasteiger partial charge in [0.2, 0.25) is 0 Å². The van der Waals surface area contributed by atoms with Gasteiger partial charge in [0, 0.05) is 49.3 Å². The van der Waals surface area contributed by atoms with E-state index in [1.807, 2.05) is 0 Å². The molecule has 0 atom stereocenters. The summed E-state index contributed by atoms with van der Waals surface area (Å²) in [6, 6.07) is 90.1. The van der Waals surface area contributed by atoms with Gasteiger partial charge in [-0.05, 0) is 118 Å². The maximum absolute atomic E-state index is 6.49. The van der Waals surface area contributed by atoms with Crippen molar-refractivity contribution in [2.75, 3.05) is 4.90 Å². The Morgan fingerprint density at radius 2 is 0.838 bits per heavy atom. The summed E-state index contributed by atoms with van der Waals surface area (Å²) in [5.74, 6) is 0. The first-order valence-electron chi connectivity index (χ1n) is 23.2. The molecule has 0 aliphatic heterocycles. The Bertz CT molecular complexity index is 4180. The summed E-state index contributed by atoms with van der Waals surface area (Å²) in [5, 5.41) is 9.55. The lowest BCUT2D eigenvalue weighted by Crippen LogP contribution is -2.14. The highest BCUT2D eigenvalue weighted by Crippen LogP contribution is 2.46. The first kappa shape index (κ1) is 38.2. The van der Waals surface area contributed by atoms with Crippen LogP contribution in [-0.2, 0) is 0 Å². The summed E-state index contributed by atoms with van der Waals surface area (Å²) in [7, 11) is 0. The smallest absolute Gasteiger partial charge is 0.136 e. The molecule has 0 amide bonds. The summed E-state index contributed by atoms with van der Waals surface area (Å²) in [5.41, 5.74) is 16.4. The average Bonchev–Trinajstić information content (AvgIpc) is 4.06. The molecule has 0 N–H and O–H groups in total. The number of nitrogens with zero attached hydrogens (tertiary/aromatic N) is 3. The van der Waals surface area contributed by atoms with Gasteiger partial charge in [-0.2, -0.15) is 0 Å². The normalized spacial score (nSPS) is 11.8. The predicted molar refractivity (Wildman–Crippen MR) is 285 cm³/mol. The summed E-state index contributed by atoms with van der Waals surface area (Å²) in [4.78, 5) is 2.44. The second-order valence-electron chi connectivity index (χ2n) is 17.7. The highest BCUT2D eigenvalue weighted by atomic mass is 16.3. The maximum Gasteiger partial charge on any atom is 0.136 e. The minimum atomic E-state index is 0.878. The Morgan fingerprint density at radius 1 is 0.309 bits per heavy atom. The van der Waals surface area contributed by atoms with Gasteiger partial charge in [0.1, 0.15) is 11.2 Å². The molecule has 0 spiro atoms. The molecule has 3 heterocycles. The number of rotatable bonds is 7. The van der Waals surface area contributed by atoms with Gasteiger partial charge in [-0.3, -0.25) is 0 Å². The van der Waals surface area contributed by atoms with Crippen LogP contribution in [0.2, 0.25) is 0 Å². The van der Waals surface area contributed by atoms with Crippen LogP contribution in [0.15, 0.2) is 253 Å². The topological polar surface area (TPSA) is 26.2 Å². The number of hydrogen-bond acceptors (Lipinski definition) is 2. The molecule has 14 aromatic rings. The van der Waals surface area contributed by atoms with Crippen molar-refractivity contribution in [3.05, 3.63) is 249 Å². The van der Waals surface area contributed by atoms with Crippen molar-refractivity contribution in [2.45, 2.75) is 0 Å². The molecule has 0 saturated carbocycles. The zero-order valence-electron chi connectivity index (χ0n) is 36.9. The third kappa shape index (κ3) is 5.94. The minimum absolute atomic E-state index is 0.878. The Balaban J connectivity index is 0.953. The largest absolute Gasteiger partial charge is 0.456 e. The van der Waals surface area contributed by atoms with Crippen LogP contribution in [0.4, 0.5) is 17.1 Å². The number of aromatic nitrogens is 2. The molecule has 318 valence electrons. The van der Waals surface area contributed by atoms with E-state index in [4.69, 9.17) is 4.42 Å². The van der Waals surface area contributed by atoms with E-state index in [0.717, 1.165) is 83.7 Å². The second kappa shape index (κ2) is 15.2. The van der Waals surface area contributed by atoms with Gasteiger partial charge in [0.05, 0.1) is 39.1 Å². The zero-order chi connectivity index (χ0) is 44.7. The first-order valence-corrected chi connectivity index (χ1v) is 23.2. The lowest BCUT2D eigenvalue weighted by molar-refractivity contribution is 0.669. The number of para-hydroxylation sites is 7. The summed E-state index contributed by atoms with van der Waals surface area (Å²) in [6.45, 7) is 0. The molecule has 68 heavy (non-hydrogen) atoms. The van der Waals surface area contributed by atoms with Crippen molar-refractivity contribution < 1.29 is 4.42 Å². The molecular formula is C64H41N3O. The molecule has 0 aliphatic rings. The van der Waals surface area contributed by atoms with Crippen molar-refractivity contribution in [3.63, 3.8) is 0 Å². The van der Waals surface area contributed by atoms with Crippen molar-refractivity contribution in [1.29, 1.82) is 0 Å². The van der Waals surface area contributed by atoms with E-state index < -0.39 is 0 Å². The van der Waals surface area contributed by atoms with E-state index >= 15 is 0 Å². The molecule has 14 rings (SSSR count). The number of fused-ring (bicyclic) bond motifs is 10. The van der Waals surface area contributed by atoms with E-state index in [0.29, 0.717) is 0 Å². The highest BCUT2D eigenvalue weighted by Gasteiger charge is 2.23. The Hall–Kier alpha value is -9.12. The standard InChI is InChI=1S/C64H41N3O/c1-2-17-45-41-64-55(39-44(45)16-1)54-40-46(34-37-63(54)68-64)49-20-3-8-25-56(49)65(61-30-13-14-31-62(61)67-59-28-11-6-23-52(59)53-24-7-12-29-60(53)67)47-35-32-42(33-36-47)43-18-15-19-48(38-43)66-57-26-9-4-21-50(57)51-22-5-10-27-58(51)66/h1-41H. The molecule has 3 aromatic heterocycles. The Labute approximate surface area is 392 Å². The SMILES string of the molecule is c1cc(-c2ccc(N(c3ccccc3-c3ccc4oc5cc6ccccc6cc5c4c3)c3ccccc3-n3c4ccccc4c4ccccc43)cc2)cc(-n2c3ccccc3c3ccccc32)c1. The molecular weight excluding hydrogens is 827 g/mol. The van der Waals surface area contributed by atoms with E-state index in [1.54, 1.807) is 0 Å². The molecule has 0 bridgehead atoms. The van der Waals surface area contributed by atoms with Gasteiger partial charge in [0.15, 0.2) is 0 Å². The van der Waals surface area contributed by atoms with E-state index in [2.05, 4.69) is 263 Å². The average molecular weight is 868 g/mol. The maximum atomic E-state index is 6.49. The van der Waals surface area contributed by atoms with Gasteiger partial charge in [0.25, 0.3) is 0 Å². The van der Waals surface area contributed by atoms with Crippen LogP contribution in [0.1, 0.15) is 0 Å². The van der Waals surface area contributed by atoms with Gasteiger partial charge in [-0.15, -0.1) is 0 Å². The van der Waals surface area contributed by atoms with Crippen LogP contribution in [0, 0.1) is 0 Å². The van der Waals surface area contributed by atoms with Crippen molar-refractivity contribution in [1.82, 2.24) is 9.13 Å². The van der Waals surface area contributed by atoms with Crippen LogP contribution in [0.3, 0.4) is 0 Å². The van der Waals surface area contributed by atoms with Crippen LogP contribution in [0.25, 0.3) is 110 Å². The van der Waals surface area contributed by atoms with Crippen molar-refractivity contribution >= 4 is 93.4 Å². The third-order valence-electron chi connectivity index (χ3n) is 13.9. The van der Waals surface area contributed by atoms with E-state index in [1.165, 1.54) is 43.4 Å². The molecule has 0 unspecified atom stereocenters. The van der Waals surface area contributed by atoms with Gasteiger partial charge in [-0.1, -0.05) is 158 Å². The van der Waals surface area contributed by atoms with E-state index in [9.17, 15) is 0 Å². The van der Waals surface area contributed by atoms with Crippen LogP contribution in [0.5, 0.6) is 0 Å². The Morgan fingerprint density at radius 3 is 1.51 bits per heavy atom. The van der Waals surface area contributed by atoms with Gasteiger partial charge >= 0.3 is 0 Å². The number of benzene rings is 11. The lowest BCUT2D eigenvalue weighted by Gasteiger charge is -2.30.